The van der Waals surface area contributed by atoms with Crippen LogP contribution in [0.3, 0.4) is 0 Å². The highest BCUT2D eigenvalue weighted by atomic mass is 33.1. The molecule has 7 N–H and O–H groups in total. The van der Waals surface area contributed by atoms with Crippen molar-refractivity contribution in [3.8, 4) is 5.75 Å². The summed E-state index contributed by atoms with van der Waals surface area (Å²) in [6.45, 7) is 25.8. The Morgan fingerprint density at radius 2 is 1.36 bits per heavy atom. The van der Waals surface area contributed by atoms with Crippen molar-refractivity contribution in [2.75, 3.05) is 45.4 Å². The van der Waals surface area contributed by atoms with Gasteiger partial charge in [0.25, 0.3) is 11.8 Å². The van der Waals surface area contributed by atoms with Crippen LogP contribution in [0.5, 0.6) is 5.75 Å². The number of hydrogen-bond donors (Lipinski definition) is 7. The van der Waals surface area contributed by atoms with Crippen molar-refractivity contribution in [1.29, 1.82) is 0 Å². The molecule has 28 nitrogen and oxygen atoms in total. The molecule has 3 aromatic rings. The molecule has 5 rings (SSSR count). The summed E-state index contributed by atoms with van der Waals surface area (Å²) in [6.07, 6.45) is 0.668. The number of likely N-dealkylation sites (tertiary alicyclic amines) is 1. The molecule has 2 aliphatic heterocycles. The lowest BCUT2D eigenvalue weighted by Gasteiger charge is -2.38. The molecule has 2 aliphatic rings. The van der Waals surface area contributed by atoms with E-state index in [4.69, 9.17) is 19.0 Å². The maximum Gasteiger partial charge on any atom is 0.410 e. The van der Waals surface area contributed by atoms with Gasteiger partial charge in [-0.25, -0.2) is 15.0 Å². The van der Waals surface area contributed by atoms with Crippen LogP contribution in [0, 0.1) is 29.6 Å². The van der Waals surface area contributed by atoms with Crippen LogP contribution in [0.1, 0.15) is 190 Å². The predicted octanol–water partition coefficient (Wildman–Crippen LogP) is 8.78. The zero-order valence-corrected chi connectivity index (χ0v) is 67.4. The Kier molecular flexibility index (Phi) is 36.3. The Balaban J connectivity index is 1.03. The molecule has 3 aromatic carbocycles. The molecule has 0 radical (unpaired) electrons. The average molecular weight is 1540 g/mol. The standard InChI is InChI=1S/C78H115N11O17S2/c1-18-49(8)59(36-37-63(92)88-41-22-26-60(88)71(103-17)50(9)72(97)79-52(11)70(96)56-24-20-19-21-25-56)86(15)76(101)68(47(4)5)83-75(100)69(48(6)7)87(16)77(102)105-45-54-28-32-57(33-29-54)81-73(98)53(12)80-74(99)67(46(2)3)82-61(90)40-43-107-108-78(13,14)44-62(91)85-84-51(10)55-30-34-58(35-31-55)104-42-23-27-66(95)106-89-64(93)38-39-65(89)94/h19-21,24-25,28-35,46-50,52-53,59-60,67-71,96H,18,22-23,26-27,36-45H2,1-17H3,(H,79,97)(H,80,99)(H,81,98)(H,82,90)(H,83,100)(H,85,91)/b84-51+/t49-,50+,52+,53-,59+,60-,67-,68?,69-,70+,71+/m0/s1. The third kappa shape index (κ3) is 27.5. The van der Waals surface area contributed by atoms with E-state index < -0.39 is 101 Å². The SMILES string of the molecule is CC[C@H](C)[C@@H](CCC(=O)N1CCC[C@H]1[C@H](OC)[C@@H](C)C(=O)N[C@H](C)[C@@H](O)c1ccccc1)N(C)C(=O)C(NC(=O)[C@H](C(C)C)N(C)C(=O)OCc1ccc(NC(=O)[C@H](C)NC(=O)[C@@H](NC(=O)CCSSC(C)(C)CC(=O)N/N=C(\C)c2ccc(OCCCC(=O)ON3C(=O)CCC3=O)cc2)C(C)C)cc1)C(C)C. The topological polar surface area (TPSA) is 359 Å². The molecule has 30 heteroatoms. The first-order valence-electron chi connectivity index (χ1n) is 37.2. The molecular formula is C78H115N11O17S2. The number of nitrogens with one attached hydrogen (secondary N) is 6. The van der Waals surface area contributed by atoms with Gasteiger partial charge in [0, 0.05) is 82.1 Å². The summed E-state index contributed by atoms with van der Waals surface area (Å²) in [6, 6.07) is 17.2. The Bertz CT molecular complexity index is 3550. The number of imide groups is 1. The number of carbonyl (C=O) groups is 12. The van der Waals surface area contributed by atoms with E-state index in [0.29, 0.717) is 71.3 Å². The van der Waals surface area contributed by atoms with E-state index in [1.54, 1.807) is 126 Å². The fourth-order valence-corrected chi connectivity index (χ4v) is 15.2. The number of ether oxygens (including phenoxy) is 3. The van der Waals surface area contributed by atoms with Crippen LogP contribution >= 0.6 is 21.6 Å². The third-order valence-electron chi connectivity index (χ3n) is 19.3. The Labute approximate surface area is 643 Å². The second kappa shape index (κ2) is 43.5. The maximum atomic E-state index is 14.6. The number of hydrazone groups is 1. The fourth-order valence-electron chi connectivity index (χ4n) is 12.7. The van der Waals surface area contributed by atoms with Gasteiger partial charge in [0.1, 0.15) is 36.5 Å². The van der Waals surface area contributed by atoms with Gasteiger partial charge in [0.2, 0.25) is 47.3 Å². The fraction of sp³-hybridized carbons (Fsp3) is 0.603. The number of carbonyl (C=O) groups excluding carboxylic acids is 12. The lowest BCUT2D eigenvalue weighted by Crippen LogP contribution is -2.58. The molecule has 11 atom stereocenters. The van der Waals surface area contributed by atoms with Gasteiger partial charge in [-0.05, 0) is 137 Å². The van der Waals surface area contributed by atoms with Gasteiger partial charge in [-0.3, -0.25) is 52.8 Å². The Hall–Kier alpha value is -8.61. The molecule has 0 spiro atoms. The van der Waals surface area contributed by atoms with Crippen molar-refractivity contribution in [3.63, 3.8) is 0 Å². The molecule has 596 valence electrons. The molecule has 0 saturated carbocycles. The van der Waals surface area contributed by atoms with Crippen LogP contribution in [0.2, 0.25) is 0 Å². The van der Waals surface area contributed by atoms with Crippen molar-refractivity contribution in [2.45, 2.75) is 233 Å². The van der Waals surface area contributed by atoms with Crippen LogP contribution < -0.4 is 36.7 Å². The lowest BCUT2D eigenvalue weighted by molar-refractivity contribution is -0.197. The molecule has 2 fully saturated rings. The number of hydrogen-bond acceptors (Lipinski definition) is 20. The molecule has 2 saturated heterocycles. The zero-order valence-electron chi connectivity index (χ0n) is 65.7. The highest BCUT2D eigenvalue weighted by molar-refractivity contribution is 8.77. The number of aliphatic hydroxyl groups is 1. The van der Waals surface area contributed by atoms with Gasteiger partial charge >= 0.3 is 12.1 Å². The smallest absolute Gasteiger partial charge is 0.410 e. The maximum absolute atomic E-state index is 14.6. The van der Waals surface area contributed by atoms with Gasteiger partial charge in [-0.15, -0.1) is 5.06 Å². The van der Waals surface area contributed by atoms with Gasteiger partial charge in [0.15, 0.2) is 0 Å². The highest BCUT2D eigenvalue weighted by Crippen LogP contribution is 2.38. The van der Waals surface area contributed by atoms with E-state index in [0.717, 1.165) is 12.0 Å². The van der Waals surface area contributed by atoms with Crippen molar-refractivity contribution in [3.05, 3.63) is 95.6 Å². The molecule has 11 amide bonds. The largest absolute Gasteiger partial charge is 0.494 e. The number of hydroxylamine groups is 2. The zero-order chi connectivity index (χ0) is 80.3. The lowest BCUT2D eigenvalue weighted by atomic mass is 9.91. The van der Waals surface area contributed by atoms with Crippen molar-refractivity contribution in [1.82, 2.24) is 46.5 Å². The third-order valence-corrected chi connectivity index (χ3v) is 22.6. The van der Waals surface area contributed by atoms with Gasteiger partial charge < -0.3 is 60.5 Å². The predicted molar refractivity (Wildman–Crippen MR) is 414 cm³/mol. The molecule has 0 aliphatic carbocycles. The first-order chi connectivity index (χ1) is 51.0. The number of nitrogens with zero attached hydrogens (tertiary/aromatic N) is 5. The van der Waals surface area contributed by atoms with Crippen molar-refractivity contribution in [2.24, 2.45) is 34.7 Å². The summed E-state index contributed by atoms with van der Waals surface area (Å²) in [7, 11) is 7.52. The van der Waals surface area contributed by atoms with E-state index in [1.807, 2.05) is 59.7 Å². The Morgan fingerprint density at radius 3 is 1.96 bits per heavy atom. The van der Waals surface area contributed by atoms with Crippen molar-refractivity contribution < 1.29 is 81.7 Å². The van der Waals surface area contributed by atoms with E-state index in [2.05, 4.69) is 37.1 Å². The number of aliphatic hydroxyl groups excluding tert-OH is 1. The first-order valence-corrected chi connectivity index (χ1v) is 39.6. The van der Waals surface area contributed by atoms with Crippen LogP contribution in [0.25, 0.3) is 0 Å². The minimum atomic E-state index is -1.04. The van der Waals surface area contributed by atoms with Gasteiger partial charge in [0.05, 0.1) is 48.9 Å². The molecule has 0 bridgehead atoms. The minimum absolute atomic E-state index is 0.0169. The molecule has 108 heavy (non-hydrogen) atoms. The molecular weight excluding hydrogens is 1430 g/mol. The minimum Gasteiger partial charge on any atom is -0.494 e. The molecule has 2 heterocycles. The normalized spacial score (nSPS) is 16.8. The van der Waals surface area contributed by atoms with E-state index in [1.165, 1.54) is 47.6 Å². The molecule has 0 aromatic heterocycles. The first kappa shape index (κ1) is 90.0. The van der Waals surface area contributed by atoms with E-state index in [9.17, 15) is 62.6 Å². The number of likely N-dealkylation sites (N-methyl/N-ethyl adjacent to an activating group) is 2. The summed E-state index contributed by atoms with van der Waals surface area (Å²) in [4.78, 5) is 168. The summed E-state index contributed by atoms with van der Waals surface area (Å²) in [5.74, 6) is -5.76. The van der Waals surface area contributed by atoms with Crippen LogP contribution in [0.4, 0.5) is 10.5 Å². The second-order valence-corrected chi connectivity index (χ2v) is 32.6. The van der Waals surface area contributed by atoms with Crippen LogP contribution in [-0.4, -0.2) is 195 Å². The monoisotopic (exact) mass is 1540 g/mol. The van der Waals surface area contributed by atoms with E-state index >= 15 is 0 Å². The number of methoxy groups -OCH3 is 1. The van der Waals surface area contributed by atoms with Gasteiger partial charge in [-0.1, -0.05) is 133 Å². The summed E-state index contributed by atoms with van der Waals surface area (Å²) < 4.78 is 16.8. The number of rotatable bonds is 42. The number of amides is 11. The second-order valence-electron chi connectivity index (χ2n) is 29.5. The van der Waals surface area contributed by atoms with Gasteiger partial charge in [-0.2, -0.15) is 5.10 Å². The van der Waals surface area contributed by atoms with Crippen LogP contribution in [0.15, 0.2) is 84.0 Å². The summed E-state index contributed by atoms with van der Waals surface area (Å²) >= 11 is 0. The van der Waals surface area contributed by atoms with E-state index in [-0.39, 0.29) is 111 Å². The quantitative estimate of drug-likeness (QED) is 0.00915. The average Bonchev–Trinajstić information content (AvgIpc) is 1.76. The summed E-state index contributed by atoms with van der Waals surface area (Å²) in [5.41, 5.74) is 5.51. The van der Waals surface area contributed by atoms with Crippen molar-refractivity contribution >= 4 is 104 Å². The summed E-state index contributed by atoms with van der Waals surface area (Å²) in [5, 5.41) is 29.9. The number of anilines is 1. The number of benzene rings is 3. The van der Waals surface area contributed by atoms with Crippen LogP contribution in [-0.2, 0) is 73.7 Å². The Morgan fingerprint density at radius 1 is 0.722 bits per heavy atom. The highest BCUT2D eigenvalue weighted by Gasteiger charge is 2.42. The molecule has 1 unspecified atom stereocenters.